The molecule has 2 aromatic carbocycles. The lowest BCUT2D eigenvalue weighted by Gasteiger charge is -2.26. The molecule has 6 heteroatoms. The predicted octanol–water partition coefficient (Wildman–Crippen LogP) is 3.61. The van der Waals surface area contributed by atoms with Crippen molar-refractivity contribution in [3.05, 3.63) is 42.0 Å². The van der Waals surface area contributed by atoms with Crippen LogP contribution in [-0.2, 0) is 0 Å². The lowest BCUT2D eigenvalue weighted by molar-refractivity contribution is 0.182. The Hall–Kier alpha value is -2.89. The lowest BCUT2D eigenvalue weighted by Crippen LogP contribution is -2.30. The first-order valence-corrected chi connectivity index (χ1v) is 8.37. The van der Waals surface area contributed by atoms with Crippen molar-refractivity contribution >= 4 is 6.09 Å². The van der Waals surface area contributed by atoms with Gasteiger partial charge in [0, 0.05) is 18.4 Å². The minimum atomic E-state index is -1.02. The van der Waals surface area contributed by atoms with Gasteiger partial charge in [-0.05, 0) is 29.3 Å². The molecule has 2 aromatic rings. The summed E-state index contributed by atoms with van der Waals surface area (Å²) < 4.78 is 17.2. The highest BCUT2D eigenvalue weighted by Crippen LogP contribution is 2.38. The van der Waals surface area contributed by atoms with E-state index in [0.717, 1.165) is 40.4 Å². The molecule has 6 nitrogen and oxygen atoms in total. The Labute approximate surface area is 145 Å². The van der Waals surface area contributed by atoms with E-state index >= 15 is 0 Å². The summed E-state index contributed by atoms with van der Waals surface area (Å²) >= 11 is 0. The number of fused-ring (bicyclic) bond motifs is 2. The topological polar surface area (TPSA) is 77.0 Å². The number of hydrogen-bond donors (Lipinski definition) is 2. The Kier molecular flexibility index (Phi) is 4.09. The smallest absolute Gasteiger partial charge is 0.405 e. The van der Waals surface area contributed by atoms with Gasteiger partial charge in [-0.2, -0.15) is 0 Å². The Bertz CT molecular complexity index is 804. The van der Waals surface area contributed by atoms with Gasteiger partial charge in [0.15, 0.2) is 11.5 Å². The van der Waals surface area contributed by atoms with E-state index < -0.39 is 6.09 Å². The third kappa shape index (κ3) is 3.20. The van der Waals surface area contributed by atoms with E-state index in [1.165, 1.54) is 0 Å². The van der Waals surface area contributed by atoms with Crippen LogP contribution < -0.4 is 19.5 Å². The monoisotopic (exact) mass is 341 g/mol. The average molecular weight is 341 g/mol. The molecule has 0 aliphatic carbocycles. The van der Waals surface area contributed by atoms with Crippen molar-refractivity contribution in [2.24, 2.45) is 0 Å². The van der Waals surface area contributed by atoms with Crippen molar-refractivity contribution in [2.75, 3.05) is 19.8 Å². The van der Waals surface area contributed by atoms with Gasteiger partial charge in [0.05, 0.1) is 25.9 Å². The van der Waals surface area contributed by atoms with Crippen molar-refractivity contribution in [1.82, 2.24) is 5.32 Å². The maximum absolute atomic E-state index is 11.0. The van der Waals surface area contributed by atoms with E-state index in [9.17, 15) is 4.79 Å². The van der Waals surface area contributed by atoms with Crippen LogP contribution in [0.5, 0.6) is 17.2 Å². The summed E-state index contributed by atoms with van der Waals surface area (Å²) in [6.07, 6.45) is 0.474. The minimum Gasteiger partial charge on any atom is -0.493 e. The fraction of sp³-hybridized carbons (Fsp3) is 0.316. The lowest BCUT2D eigenvalue weighted by atomic mass is 9.96. The molecule has 4 rings (SSSR count). The highest BCUT2D eigenvalue weighted by atomic mass is 16.5. The second-order valence-electron chi connectivity index (χ2n) is 6.10. The summed E-state index contributed by atoms with van der Waals surface area (Å²) in [6.45, 7) is 1.80. The Morgan fingerprint density at radius 3 is 2.40 bits per heavy atom. The Morgan fingerprint density at radius 2 is 1.60 bits per heavy atom. The first kappa shape index (κ1) is 15.6. The molecule has 2 N–H and O–H groups in total. The molecule has 2 aliphatic heterocycles. The first-order chi connectivity index (χ1) is 12.2. The number of hydrogen-bond acceptors (Lipinski definition) is 4. The molecule has 0 radical (unpaired) electrons. The fourth-order valence-electron chi connectivity index (χ4n) is 3.21. The van der Waals surface area contributed by atoms with Crippen LogP contribution in [0.2, 0.25) is 0 Å². The van der Waals surface area contributed by atoms with Gasteiger partial charge in [-0.25, -0.2) is 4.79 Å². The first-order valence-electron chi connectivity index (χ1n) is 8.37. The van der Waals surface area contributed by atoms with Crippen LogP contribution >= 0.6 is 0 Å². The van der Waals surface area contributed by atoms with Gasteiger partial charge in [0.2, 0.25) is 0 Å². The van der Waals surface area contributed by atoms with Crippen molar-refractivity contribution in [2.45, 2.75) is 18.9 Å². The molecule has 130 valence electrons. The molecule has 2 heterocycles. The number of ether oxygens (including phenoxy) is 3. The molecule has 0 aromatic heterocycles. The molecule has 0 saturated heterocycles. The highest BCUT2D eigenvalue weighted by Gasteiger charge is 2.23. The van der Waals surface area contributed by atoms with Crippen LogP contribution in [-0.4, -0.2) is 31.0 Å². The molecule has 1 atom stereocenters. The zero-order chi connectivity index (χ0) is 17.2. The molecule has 0 bridgehead atoms. The van der Waals surface area contributed by atoms with Crippen LogP contribution in [0.4, 0.5) is 4.79 Å². The largest absolute Gasteiger partial charge is 0.493 e. The summed E-state index contributed by atoms with van der Waals surface area (Å²) in [4.78, 5) is 11.0. The van der Waals surface area contributed by atoms with Gasteiger partial charge in [0.1, 0.15) is 5.75 Å². The van der Waals surface area contributed by atoms with E-state index in [1.54, 1.807) is 0 Å². The molecule has 0 saturated carbocycles. The van der Waals surface area contributed by atoms with Gasteiger partial charge in [0.25, 0.3) is 0 Å². The molecule has 2 aliphatic rings. The van der Waals surface area contributed by atoms with Crippen LogP contribution in [0.25, 0.3) is 11.1 Å². The second-order valence-corrected chi connectivity index (χ2v) is 6.10. The highest BCUT2D eigenvalue weighted by molar-refractivity contribution is 5.70. The molecule has 0 fully saturated rings. The van der Waals surface area contributed by atoms with Gasteiger partial charge >= 0.3 is 6.09 Å². The molecule has 1 unspecified atom stereocenters. The summed E-state index contributed by atoms with van der Waals surface area (Å²) in [7, 11) is 0. The van der Waals surface area contributed by atoms with Gasteiger partial charge in [-0.15, -0.1) is 0 Å². The fourth-order valence-corrected chi connectivity index (χ4v) is 3.21. The van der Waals surface area contributed by atoms with E-state index in [1.807, 2.05) is 36.4 Å². The molecular formula is C19H19NO5. The third-order valence-electron chi connectivity index (χ3n) is 4.43. The number of benzene rings is 2. The Balaban J connectivity index is 1.66. The standard InChI is InChI=1S/C19H19NO5/c21-19(22)20-15-6-9-25-17-10-12(2-4-14(15)17)13-3-5-16-18(11-13)24-8-1-7-23-16/h2-5,10-11,15,20H,1,6-9H2,(H,21,22). The minimum absolute atomic E-state index is 0.237. The number of carboxylic acid groups (broad SMARTS) is 1. The van der Waals surface area contributed by atoms with Gasteiger partial charge in [-0.3, -0.25) is 0 Å². The summed E-state index contributed by atoms with van der Waals surface area (Å²) in [6, 6.07) is 11.5. The van der Waals surface area contributed by atoms with Crippen molar-refractivity contribution in [3.63, 3.8) is 0 Å². The maximum Gasteiger partial charge on any atom is 0.405 e. The van der Waals surface area contributed by atoms with Gasteiger partial charge in [-0.1, -0.05) is 18.2 Å². The molecule has 0 spiro atoms. The van der Waals surface area contributed by atoms with E-state index in [2.05, 4.69) is 5.32 Å². The zero-order valence-electron chi connectivity index (χ0n) is 13.7. The van der Waals surface area contributed by atoms with E-state index in [4.69, 9.17) is 19.3 Å². The van der Waals surface area contributed by atoms with Crippen LogP contribution in [0.15, 0.2) is 36.4 Å². The van der Waals surface area contributed by atoms with Crippen LogP contribution in [0.1, 0.15) is 24.4 Å². The third-order valence-corrected chi connectivity index (χ3v) is 4.43. The molecular weight excluding hydrogens is 322 g/mol. The number of amides is 1. The quantitative estimate of drug-likeness (QED) is 0.873. The number of carbonyl (C=O) groups is 1. The summed E-state index contributed by atoms with van der Waals surface area (Å²) in [5.74, 6) is 2.23. The number of rotatable bonds is 2. The van der Waals surface area contributed by atoms with E-state index in [0.29, 0.717) is 26.2 Å². The van der Waals surface area contributed by atoms with Gasteiger partial charge < -0.3 is 24.6 Å². The van der Waals surface area contributed by atoms with Crippen molar-refractivity contribution < 1.29 is 24.1 Å². The molecule has 25 heavy (non-hydrogen) atoms. The SMILES string of the molecule is O=C(O)NC1CCOc2cc(-c3ccc4c(c3)OCCCO4)ccc21. The van der Waals surface area contributed by atoms with Crippen LogP contribution in [0, 0.1) is 0 Å². The van der Waals surface area contributed by atoms with Crippen molar-refractivity contribution in [1.29, 1.82) is 0 Å². The maximum atomic E-state index is 11.0. The van der Waals surface area contributed by atoms with Crippen molar-refractivity contribution in [3.8, 4) is 28.4 Å². The normalized spacial score (nSPS) is 18.5. The second kappa shape index (κ2) is 6.55. The predicted molar refractivity (Wildman–Crippen MR) is 91.5 cm³/mol. The van der Waals surface area contributed by atoms with E-state index in [-0.39, 0.29) is 6.04 Å². The Morgan fingerprint density at radius 1 is 0.920 bits per heavy atom. The summed E-state index contributed by atoms with van der Waals surface area (Å²) in [5.41, 5.74) is 2.86. The molecule has 1 amide bonds. The zero-order valence-corrected chi connectivity index (χ0v) is 13.7. The summed E-state index contributed by atoms with van der Waals surface area (Å²) in [5, 5.41) is 11.5. The average Bonchev–Trinajstić information content (AvgIpc) is 2.86. The number of nitrogens with one attached hydrogen (secondary N) is 1. The van der Waals surface area contributed by atoms with Crippen LogP contribution in [0.3, 0.4) is 0 Å².